The number of allylic oxidation sites excluding steroid dienone is 1. The molecule has 0 bridgehead atoms. The highest BCUT2D eigenvalue weighted by Gasteiger charge is 2.10. The molecule has 0 aliphatic heterocycles. The van der Waals surface area contributed by atoms with Crippen LogP contribution in [0.5, 0.6) is 0 Å². The Morgan fingerprint density at radius 2 is 2.08 bits per heavy atom. The molecular formula is C9H15NO3. The number of carboxylic acid groups (broad SMARTS) is 1. The number of carbonyl (C=O) groups is 1. The van der Waals surface area contributed by atoms with Crippen molar-refractivity contribution in [2.75, 3.05) is 7.11 Å². The Kier molecular flexibility index (Phi) is 4.80. The van der Waals surface area contributed by atoms with Crippen molar-refractivity contribution in [3.05, 3.63) is 11.3 Å². The number of hydrogen-bond donors (Lipinski definition) is 2. The van der Waals surface area contributed by atoms with Gasteiger partial charge in [-0.15, -0.1) is 0 Å². The van der Waals surface area contributed by atoms with Crippen LogP contribution in [0, 0.1) is 5.41 Å². The summed E-state index contributed by atoms with van der Waals surface area (Å²) in [6.07, 6.45) is 0.894. The molecule has 4 nitrogen and oxygen atoms in total. The minimum absolute atomic E-state index is 0.167. The van der Waals surface area contributed by atoms with Gasteiger partial charge in [-0.25, -0.2) is 4.79 Å². The summed E-state index contributed by atoms with van der Waals surface area (Å²) in [6, 6.07) is 0. The van der Waals surface area contributed by atoms with Crippen LogP contribution < -0.4 is 0 Å². The summed E-state index contributed by atoms with van der Waals surface area (Å²) in [4.78, 5) is 10.6. The van der Waals surface area contributed by atoms with Gasteiger partial charge in [-0.3, -0.25) is 0 Å². The quantitative estimate of drug-likeness (QED) is 0.390. The van der Waals surface area contributed by atoms with Gasteiger partial charge in [0.2, 0.25) is 0 Å². The van der Waals surface area contributed by atoms with Crippen molar-refractivity contribution in [3.63, 3.8) is 0 Å². The molecule has 0 rings (SSSR count). The lowest BCUT2D eigenvalue weighted by molar-refractivity contribution is -0.132. The van der Waals surface area contributed by atoms with E-state index in [9.17, 15) is 4.79 Å². The number of rotatable bonds is 5. The zero-order valence-corrected chi connectivity index (χ0v) is 8.18. The van der Waals surface area contributed by atoms with Crippen molar-refractivity contribution >= 4 is 11.7 Å². The predicted molar refractivity (Wildman–Crippen MR) is 50.0 cm³/mol. The van der Waals surface area contributed by atoms with Crippen LogP contribution in [0.3, 0.4) is 0 Å². The van der Waals surface area contributed by atoms with Gasteiger partial charge in [0.05, 0.1) is 12.7 Å². The Morgan fingerprint density at radius 1 is 1.54 bits per heavy atom. The molecule has 0 saturated heterocycles. The summed E-state index contributed by atoms with van der Waals surface area (Å²) < 4.78 is 4.90. The van der Waals surface area contributed by atoms with Gasteiger partial charge in [0.25, 0.3) is 0 Å². The molecule has 0 aliphatic rings. The smallest absolute Gasteiger partial charge is 0.334 e. The molecule has 0 radical (unpaired) electrons. The third kappa shape index (κ3) is 3.73. The van der Waals surface area contributed by atoms with Gasteiger partial charge in [-0.05, 0) is 13.3 Å². The van der Waals surface area contributed by atoms with E-state index in [1.54, 1.807) is 0 Å². The highest BCUT2D eigenvalue weighted by molar-refractivity contribution is 5.89. The Balaban J connectivity index is 4.59. The summed E-state index contributed by atoms with van der Waals surface area (Å²) >= 11 is 0. The molecule has 0 aromatic rings. The lowest BCUT2D eigenvalue weighted by Gasteiger charge is -2.08. The third-order valence-electron chi connectivity index (χ3n) is 1.79. The Labute approximate surface area is 77.7 Å². The first-order chi connectivity index (χ1) is 6.02. The second-order valence-corrected chi connectivity index (χ2v) is 2.69. The van der Waals surface area contributed by atoms with Crippen LogP contribution in [0.2, 0.25) is 0 Å². The fourth-order valence-electron chi connectivity index (χ4n) is 0.796. The summed E-state index contributed by atoms with van der Waals surface area (Å²) in [5.74, 6) is -0.639. The monoisotopic (exact) mass is 185 g/mol. The van der Waals surface area contributed by atoms with Gasteiger partial charge >= 0.3 is 5.97 Å². The topological polar surface area (TPSA) is 70.4 Å². The normalized spacial score (nSPS) is 11.9. The van der Waals surface area contributed by atoms with E-state index in [0.29, 0.717) is 17.9 Å². The van der Waals surface area contributed by atoms with Crippen LogP contribution in [0.25, 0.3) is 0 Å². The SMILES string of the molecule is CCC(=N)CC(OC)=C(C)C(=O)O. The lowest BCUT2D eigenvalue weighted by Crippen LogP contribution is -2.06. The number of nitrogens with one attached hydrogen (secondary N) is 1. The fraction of sp³-hybridized carbons (Fsp3) is 0.556. The van der Waals surface area contributed by atoms with Gasteiger partial charge in [-0.2, -0.15) is 0 Å². The molecule has 0 fully saturated rings. The van der Waals surface area contributed by atoms with E-state index < -0.39 is 5.97 Å². The van der Waals surface area contributed by atoms with Crippen molar-refractivity contribution in [3.8, 4) is 0 Å². The Bertz CT molecular complexity index is 243. The zero-order valence-electron chi connectivity index (χ0n) is 8.18. The molecule has 0 atom stereocenters. The molecule has 4 heteroatoms. The summed E-state index contributed by atoms with van der Waals surface area (Å²) in [6.45, 7) is 3.33. The molecule has 0 spiro atoms. The minimum atomic E-state index is -0.999. The van der Waals surface area contributed by atoms with Crippen molar-refractivity contribution < 1.29 is 14.6 Å². The van der Waals surface area contributed by atoms with Crippen molar-refractivity contribution in [2.45, 2.75) is 26.7 Å². The van der Waals surface area contributed by atoms with E-state index in [2.05, 4.69) is 0 Å². The molecule has 2 N–H and O–H groups in total. The number of ether oxygens (including phenoxy) is 1. The van der Waals surface area contributed by atoms with Crippen LogP contribution in [0.4, 0.5) is 0 Å². The van der Waals surface area contributed by atoms with E-state index >= 15 is 0 Å². The fourth-order valence-corrected chi connectivity index (χ4v) is 0.796. The lowest BCUT2D eigenvalue weighted by atomic mass is 10.1. The standard InChI is InChI=1S/C9H15NO3/c1-4-7(10)5-8(13-3)6(2)9(11)12/h10H,4-5H2,1-3H3,(H,11,12). The zero-order chi connectivity index (χ0) is 10.4. The van der Waals surface area contributed by atoms with Gasteiger partial charge in [0.15, 0.2) is 0 Å². The number of aliphatic carboxylic acids is 1. The molecule has 0 aromatic carbocycles. The predicted octanol–water partition coefficient (Wildman–Crippen LogP) is 1.81. The molecule has 0 aromatic heterocycles. The second-order valence-electron chi connectivity index (χ2n) is 2.69. The van der Waals surface area contributed by atoms with E-state index in [1.165, 1.54) is 14.0 Å². The molecule has 0 unspecified atom stereocenters. The molecule has 0 aliphatic carbocycles. The van der Waals surface area contributed by atoms with Crippen LogP contribution >= 0.6 is 0 Å². The minimum Gasteiger partial charge on any atom is -0.500 e. The Morgan fingerprint density at radius 3 is 2.38 bits per heavy atom. The van der Waals surface area contributed by atoms with Crippen LogP contribution in [0.15, 0.2) is 11.3 Å². The molecule has 0 heterocycles. The third-order valence-corrected chi connectivity index (χ3v) is 1.79. The first-order valence-corrected chi connectivity index (χ1v) is 4.06. The maximum atomic E-state index is 10.6. The molecule has 0 amide bonds. The van der Waals surface area contributed by atoms with Crippen LogP contribution in [0.1, 0.15) is 26.7 Å². The molecular weight excluding hydrogens is 170 g/mol. The first kappa shape index (κ1) is 11.7. The summed E-state index contributed by atoms with van der Waals surface area (Å²) in [5.41, 5.74) is 0.637. The van der Waals surface area contributed by atoms with E-state index in [0.717, 1.165) is 0 Å². The number of methoxy groups -OCH3 is 1. The number of hydrogen-bond acceptors (Lipinski definition) is 3. The van der Waals surface area contributed by atoms with E-state index in [-0.39, 0.29) is 12.0 Å². The van der Waals surface area contributed by atoms with Crippen molar-refractivity contribution in [1.29, 1.82) is 5.41 Å². The highest BCUT2D eigenvalue weighted by atomic mass is 16.5. The largest absolute Gasteiger partial charge is 0.500 e. The van der Waals surface area contributed by atoms with Gasteiger partial charge in [0.1, 0.15) is 5.76 Å². The van der Waals surface area contributed by atoms with Gasteiger partial charge in [0, 0.05) is 12.1 Å². The molecule has 74 valence electrons. The first-order valence-electron chi connectivity index (χ1n) is 4.06. The molecule has 13 heavy (non-hydrogen) atoms. The van der Waals surface area contributed by atoms with Crippen LogP contribution in [-0.2, 0) is 9.53 Å². The highest BCUT2D eigenvalue weighted by Crippen LogP contribution is 2.11. The van der Waals surface area contributed by atoms with E-state index in [4.69, 9.17) is 15.3 Å². The second kappa shape index (κ2) is 5.35. The Hall–Kier alpha value is -1.32. The maximum absolute atomic E-state index is 10.6. The van der Waals surface area contributed by atoms with Crippen molar-refractivity contribution in [2.24, 2.45) is 0 Å². The van der Waals surface area contributed by atoms with Crippen LogP contribution in [-0.4, -0.2) is 23.9 Å². The average molecular weight is 185 g/mol. The van der Waals surface area contributed by atoms with Gasteiger partial charge in [-0.1, -0.05) is 6.92 Å². The molecule has 0 saturated carbocycles. The van der Waals surface area contributed by atoms with Gasteiger partial charge < -0.3 is 15.3 Å². The summed E-state index contributed by atoms with van der Waals surface area (Å²) in [5, 5.41) is 16.1. The van der Waals surface area contributed by atoms with E-state index in [1.807, 2.05) is 6.92 Å². The average Bonchev–Trinajstić information content (AvgIpc) is 2.12. The maximum Gasteiger partial charge on any atom is 0.334 e. The number of carboxylic acids is 1. The van der Waals surface area contributed by atoms with Crippen molar-refractivity contribution in [1.82, 2.24) is 0 Å². The summed E-state index contributed by atoms with van der Waals surface area (Å²) in [7, 11) is 1.42.